The summed E-state index contributed by atoms with van der Waals surface area (Å²) in [6, 6.07) is 8.18. The van der Waals surface area contributed by atoms with Gasteiger partial charge in [0.1, 0.15) is 16.6 Å². The molecule has 1 aliphatic rings. The average molecular weight is 246 g/mol. The Morgan fingerprint density at radius 1 is 1.41 bits per heavy atom. The van der Waals surface area contributed by atoms with Crippen LogP contribution in [0.25, 0.3) is 0 Å². The summed E-state index contributed by atoms with van der Waals surface area (Å²) >= 11 is 1.69. The first-order valence-electron chi connectivity index (χ1n) is 5.70. The molecule has 1 atom stereocenters. The van der Waals surface area contributed by atoms with Crippen LogP contribution < -0.4 is 10.5 Å². The summed E-state index contributed by atoms with van der Waals surface area (Å²) < 4.78 is 5.66. The molecule has 0 saturated heterocycles. The summed E-state index contributed by atoms with van der Waals surface area (Å²) in [6.45, 7) is 2.77. The van der Waals surface area contributed by atoms with Crippen LogP contribution in [0.4, 0.5) is 5.82 Å². The van der Waals surface area contributed by atoms with Crippen LogP contribution in [0.2, 0.25) is 0 Å². The third-order valence-corrected chi connectivity index (χ3v) is 4.21. The predicted octanol–water partition coefficient (Wildman–Crippen LogP) is 2.95. The molecule has 88 valence electrons. The number of ether oxygens (including phenoxy) is 1. The molecule has 2 aromatic rings. The van der Waals surface area contributed by atoms with Gasteiger partial charge in [0.25, 0.3) is 0 Å². The molecule has 0 fully saturated rings. The molecule has 1 unspecified atom stereocenters. The molecule has 0 aliphatic carbocycles. The first kappa shape index (κ1) is 10.6. The van der Waals surface area contributed by atoms with Crippen LogP contribution >= 0.6 is 11.3 Å². The maximum atomic E-state index is 5.84. The van der Waals surface area contributed by atoms with Crippen LogP contribution in [0.15, 0.2) is 24.3 Å². The van der Waals surface area contributed by atoms with Gasteiger partial charge in [-0.25, -0.2) is 4.98 Å². The van der Waals surface area contributed by atoms with Crippen molar-refractivity contribution in [3.8, 4) is 5.75 Å². The van der Waals surface area contributed by atoms with E-state index in [1.807, 2.05) is 25.1 Å². The Morgan fingerprint density at radius 3 is 3.00 bits per heavy atom. The zero-order valence-corrected chi connectivity index (χ0v) is 10.5. The lowest BCUT2D eigenvalue weighted by molar-refractivity contribution is 0.277. The van der Waals surface area contributed by atoms with Gasteiger partial charge >= 0.3 is 0 Å². The van der Waals surface area contributed by atoms with E-state index in [2.05, 4.69) is 11.1 Å². The third-order valence-electron chi connectivity index (χ3n) is 3.11. The van der Waals surface area contributed by atoms with Gasteiger partial charge in [-0.05, 0) is 19.4 Å². The fourth-order valence-corrected chi connectivity index (χ4v) is 3.17. The van der Waals surface area contributed by atoms with Crippen molar-refractivity contribution < 1.29 is 4.74 Å². The van der Waals surface area contributed by atoms with Gasteiger partial charge in [-0.1, -0.05) is 18.2 Å². The largest absolute Gasteiger partial charge is 0.493 e. The number of hydrogen-bond acceptors (Lipinski definition) is 4. The molecule has 1 aromatic carbocycles. The number of aryl methyl sites for hydroxylation is 1. The average Bonchev–Trinajstić information content (AvgIpc) is 2.69. The first-order valence-corrected chi connectivity index (χ1v) is 6.52. The Hall–Kier alpha value is -1.55. The van der Waals surface area contributed by atoms with Crippen LogP contribution in [0.1, 0.15) is 27.8 Å². The molecular weight excluding hydrogens is 232 g/mol. The molecule has 1 aromatic heterocycles. The van der Waals surface area contributed by atoms with Crippen LogP contribution in [-0.2, 0) is 0 Å². The van der Waals surface area contributed by atoms with Crippen LogP contribution in [0.5, 0.6) is 5.75 Å². The van der Waals surface area contributed by atoms with Crippen molar-refractivity contribution in [2.45, 2.75) is 19.3 Å². The van der Waals surface area contributed by atoms with E-state index in [1.165, 1.54) is 5.56 Å². The number of para-hydroxylation sites is 1. The smallest absolute Gasteiger partial charge is 0.137 e. The monoisotopic (exact) mass is 246 g/mol. The molecule has 0 amide bonds. The molecule has 4 heteroatoms. The topological polar surface area (TPSA) is 48.1 Å². The molecule has 2 heterocycles. The molecule has 3 rings (SSSR count). The van der Waals surface area contributed by atoms with E-state index >= 15 is 0 Å². The normalized spacial score (nSPS) is 18.5. The highest BCUT2D eigenvalue weighted by Gasteiger charge is 2.25. The number of anilines is 1. The van der Waals surface area contributed by atoms with Crippen molar-refractivity contribution in [2.24, 2.45) is 0 Å². The highest BCUT2D eigenvalue weighted by Crippen LogP contribution is 2.40. The van der Waals surface area contributed by atoms with Crippen LogP contribution in [0, 0.1) is 6.92 Å². The number of nitrogen functional groups attached to an aromatic ring is 1. The van der Waals surface area contributed by atoms with Gasteiger partial charge in [0.2, 0.25) is 0 Å². The zero-order chi connectivity index (χ0) is 11.8. The van der Waals surface area contributed by atoms with Gasteiger partial charge in [0, 0.05) is 16.4 Å². The van der Waals surface area contributed by atoms with E-state index in [1.54, 1.807) is 11.3 Å². The van der Waals surface area contributed by atoms with E-state index in [9.17, 15) is 0 Å². The number of nitrogens with two attached hydrogens (primary N) is 1. The molecule has 0 spiro atoms. The van der Waals surface area contributed by atoms with Gasteiger partial charge in [-0.15, -0.1) is 11.3 Å². The highest BCUT2D eigenvalue weighted by atomic mass is 32.1. The lowest BCUT2D eigenvalue weighted by Crippen LogP contribution is -2.14. The van der Waals surface area contributed by atoms with Crippen molar-refractivity contribution in [1.82, 2.24) is 4.98 Å². The standard InChI is InChI=1S/C13H14N2OS/c1-8-12(14)15-13(17-8)10-6-7-16-11-5-3-2-4-9(10)11/h2-5,10H,6-7,14H2,1H3. The first-order chi connectivity index (χ1) is 8.25. The van der Waals surface area contributed by atoms with Crippen molar-refractivity contribution in [2.75, 3.05) is 12.3 Å². The summed E-state index contributed by atoms with van der Waals surface area (Å²) in [7, 11) is 0. The van der Waals surface area contributed by atoms with E-state index in [0.717, 1.165) is 28.7 Å². The molecule has 2 N–H and O–H groups in total. The Kier molecular flexibility index (Phi) is 2.52. The van der Waals surface area contributed by atoms with Gasteiger partial charge in [0.15, 0.2) is 0 Å². The molecule has 0 radical (unpaired) electrons. The summed E-state index contributed by atoms with van der Waals surface area (Å²) in [5.41, 5.74) is 7.06. The number of rotatable bonds is 1. The molecule has 17 heavy (non-hydrogen) atoms. The molecular formula is C13H14N2OS. The predicted molar refractivity (Wildman–Crippen MR) is 69.7 cm³/mol. The van der Waals surface area contributed by atoms with Crippen LogP contribution in [-0.4, -0.2) is 11.6 Å². The van der Waals surface area contributed by atoms with Gasteiger partial charge in [-0.3, -0.25) is 0 Å². The summed E-state index contributed by atoms with van der Waals surface area (Å²) in [4.78, 5) is 5.57. The fourth-order valence-electron chi connectivity index (χ4n) is 2.18. The molecule has 0 saturated carbocycles. The molecule has 1 aliphatic heterocycles. The SMILES string of the molecule is Cc1sc(C2CCOc3ccccc32)nc1N. The van der Waals surface area contributed by atoms with Crippen molar-refractivity contribution in [3.63, 3.8) is 0 Å². The maximum absolute atomic E-state index is 5.84. The quantitative estimate of drug-likeness (QED) is 0.841. The lowest BCUT2D eigenvalue weighted by atomic mass is 9.94. The Labute approximate surface area is 104 Å². The molecule has 0 bridgehead atoms. The molecule has 3 nitrogen and oxygen atoms in total. The third kappa shape index (κ3) is 1.78. The second-order valence-corrected chi connectivity index (χ2v) is 5.46. The van der Waals surface area contributed by atoms with Crippen molar-refractivity contribution >= 4 is 17.2 Å². The minimum absolute atomic E-state index is 0.334. The van der Waals surface area contributed by atoms with Gasteiger partial charge < -0.3 is 10.5 Å². The highest BCUT2D eigenvalue weighted by molar-refractivity contribution is 7.12. The van der Waals surface area contributed by atoms with E-state index in [0.29, 0.717) is 11.7 Å². The number of thiazole rings is 1. The summed E-state index contributed by atoms with van der Waals surface area (Å²) in [6.07, 6.45) is 0.976. The second kappa shape index (κ2) is 4.04. The van der Waals surface area contributed by atoms with E-state index in [-0.39, 0.29) is 0 Å². The minimum Gasteiger partial charge on any atom is -0.493 e. The maximum Gasteiger partial charge on any atom is 0.137 e. The number of fused-ring (bicyclic) bond motifs is 1. The Bertz CT molecular complexity index is 531. The summed E-state index contributed by atoms with van der Waals surface area (Å²) in [5.74, 6) is 1.98. The van der Waals surface area contributed by atoms with Crippen LogP contribution in [0.3, 0.4) is 0 Å². The van der Waals surface area contributed by atoms with Gasteiger partial charge in [-0.2, -0.15) is 0 Å². The number of aromatic nitrogens is 1. The zero-order valence-electron chi connectivity index (χ0n) is 9.64. The second-order valence-electron chi connectivity index (χ2n) is 4.22. The van der Waals surface area contributed by atoms with Crippen molar-refractivity contribution in [3.05, 3.63) is 39.7 Å². The van der Waals surface area contributed by atoms with Gasteiger partial charge in [0.05, 0.1) is 6.61 Å². The van der Waals surface area contributed by atoms with E-state index < -0.39 is 0 Å². The Morgan fingerprint density at radius 2 is 2.24 bits per heavy atom. The lowest BCUT2D eigenvalue weighted by Gasteiger charge is -2.24. The van der Waals surface area contributed by atoms with Crippen molar-refractivity contribution in [1.29, 1.82) is 0 Å². The van der Waals surface area contributed by atoms with E-state index in [4.69, 9.17) is 10.5 Å². The minimum atomic E-state index is 0.334. The summed E-state index contributed by atoms with van der Waals surface area (Å²) in [5, 5.41) is 1.11. The number of hydrogen-bond donors (Lipinski definition) is 1. The number of benzene rings is 1. The fraction of sp³-hybridized carbons (Fsp3) is 0.308. The Balaban J connectivity index is 2.05. The number of nitrogens with zero attached hydrogens (tertiary/aromatic N) is 1.